The monoisotopic (exact) mass is 285 g/mol. The fraction of sp³-hybridized carbons (Fsp3) is 0.333. The molecule has 0 aliphatic heterocycles. The van der Waals surface area contributed by atoms with Gasteiger partial charge in [-0.15, -0.1) is 0 Å². The third-order valence-electron chi connectivity index (χ3n) is 4.08. The molecule has 0 bridgehead atoms. The summed E-state index contributed by atoms with van der Waals surface area (Å²) in [4.78, 5) is 0. The Hall–Kier alpha value is -1.87. The fourth-order valence-corrected chi connectivity index (χ4v) is 3.07. The Morgan fingerprint density at radius 2 is 1.86 bits per heavy atom. The summed E-state index contributed by atoms with van der Waals surface area (Å²) in [6.07, 6.45) is 1.77. The minimum Gasteiger partial charge on any atom is -0.491 e. The molecule has 0 aromatic heterocycles. The van der Waals surface area contributed by atoms with Crippen LogP contribution in [0.5, 0.6) is 5.75 Å². The largest absolute Gasteiger partial charge is 0.491 e. The van der Waals surface area contributed by atoms with E-state index in [1.54, 1.807) is 6.07 Å². The van der Waals surface area contributed by atoms with Gasteiger partial charge in [0.05, 0.1) is 11.6 Å². The Morgan fingerprint density at radius 1 is 1.14 bits per heavy atom. The standard InChI is InChI=1S/C18H20FNO/c1-12(2)21-16-6-3-14(4-7-16)18(20)10-9-13-11-15(19)5-8-17(13)18/h3-8,11-12H,9-10,20H2,1-2H3. The highest BCUT2D eigenvalue weighted by Gasteiger charge is 2.36. The smallest absolute Gasteiger partial charge is 0.123 e. The summed E-state index contributed by atoms with van der Waals surface area (Å²) in [6.45, 7) is 4.00. The first-order valence-corrected chi connectivity index (χ1v) is 7.34. The van der Waals surface area contributed by atoms with Gasteiger partial charge >= 0.3 is 0 Å². The molecule has 2 N–H and O–H groups in total. The molecule has 0 amide bonds. The lowest BCUT2D eigenvalue weighted by atomic mass is 9.85. The van der Waals surface area contributed by atoms with Gasteiger partial charge in [-0.3, -0.25) is 0 Å². The number of nitrogens with two attached hydrogens (primary N) is 1. The summed E-state index contributed by atoms with van der Waals surface area (Å²) in [5.74, 6) is 0.647. The van der Waals surface area contributed by atoms with Crippen molar-refractivity contribution in [3.8, 4) is 5.75 Å². The van der Waals surface area contributed by atoms with Crippen LogP contribution in [0.15, 0.2) is 42.5 Å². The van der Waals surface area contributed by atoms with Gasteiger partial charge in [0.25, 0.3) is 0 Å². The zero-order valence-electron chi connectivity index (χ0n) is 12.4. The first-order valence-electron chi connectivity index (χ1n) is 7.34. The second-order valence-corrected chi connectivity index (χ2v) is 5.96. The van der Waals surface area contributed by atoms with Crippen LogP contribution in [0.25, 0.3) is 0 Å². The molecular weight excluding hydrogens is 265 g/mol. The number of rotatable bonds is 3. The average molecular weight is 285 g/mol. The number of hydrogen-bond acceptors (Lipinski definition) is 2. The van der Waals surface area contributed by atoms with Gasteiger partial charge in [0.1, 0.15) is 11.6 Å². The Labute approximate surface area is 124 Å². The van der Waals surface area contributed by atoms with E-state index in [0.29, 0.717) is 0 Å². The highest BCUT2D eigenvalue weighted by Crippen LogP contribution is 2.40. The van der Waals surface area contributed by atoms with Gasteiger partial charge in [-0.05, 0) is 67.6 Å². The molecule has 1 aliphatic rings. The minimum atomic E-state index is -0.528. The van der Waals surface area contributed by atoms with Crippen LogP contribution in [0, 0.1) is 5.82 Å². The lowest BCUT2D eigenvalue weighted by molar-refractivity contribution is 0.242. The molecule has 0 fully saturated rings. The number of ether oxygens (including phenoxy) is 1. The molecule has 3 rings (SSSR count). The molecule has 2 aromatic carbocycles. The first-order chi connectivity index (χ1) is 9.99. The Balaban J connectivity index is 1.94. The number of benzene rings is 2. The highest BCUT2D eigenvalue weighted by molar-refractivity contribution is 5.47. The number of hydrogen-bond donors (Lipinski definition) is 1. The summed E-state index contributed by atoms with van der Waals surface area (Å²) < 4.78 is 19.0. The average Bonchev–Trinajstić information content (AvgIpc) is 2.77. The van der Waals surface area contributed by atoms with Crippen molar-refractivity contribution in [2.24, 2.45) is 5.73 Å². The summed E-state index contributed by atoms with van der Waals surface area (Å²) in [7, 11) is 0. The molecule has 1 atom stereocenters. The molecule has 110 valence electrons. The molecule has 0 radical (unpaired) electrons. The fourth-order valence-electron chi connectivity index (χ4n) is 3.07. The van der Waals surface area contributed by atoms with E-state index in [1.165, 1.54) is 6.07 Å². The van der Waals surface area contributed by atoms with Crippen LogP contribution in [0.2, 0.25) is 0 Å². The molecule has 21 heavy (non-hydrogen) atoms. The van der Waals surface area contributed by atoms with Gasteiger partial charge in [0.15, 0.2) is 0 Å². The minimum absolute atomic E-state index is 0.151. The molecular formula is C18H20FNO. The maximum absolute atomic E-state index is 13.3. The van der Waals surface area contributed by atoms with Crippen molar-refractivity contribution in [3.63, 3.8) is 0 Å². The van der Waals surface area contributed by atoms with E-state index in [4.69, 9.17) is 10.5 Å². The van der Waals surface area contributed by atoms with E-state index in [1.807, 2.05) is 44.2 Å². The molecule has 2 nitrogen and oxygen atoms in total. The van der Waals surface area contributed by atoms with Crippen LogP contribution in [-0.4, -0.2) is 6.10 Å². The van der Waals surface area contributed by atoms with E-state index in [-0.39, 0.29) is 11.9 Å². The zero-order valence-corrected chi connectivity index (χ0v) is 12.4. The zero-order chi connectivity index (χ0) is 15.0. The molecule has 0 spiro atoms. The first kappa shape index (κ1) is 14.1. The molecule has 0 heterocycles. The van der Waals surface area contributed by atoms with Crippen LogP contribution in [0.1, 0.15) is 37.0 Å². The van der Waals surface area contributed by atoms with Gasteiger partial charge < -0.3 is 10.5 Å². The van der Waals surface area contributed by atoms with E-state index in [2.05, 4.69) is 0 Å². The van der Waals surface area contributed by atoms with E-state index < -0.39 is 5.54 Å². The normalized spacial score (nSPS) is 20.6. The van der Waals surface area contributed by atoms with Gasteiger partial charge in [-0.1, -0.05) is 18.2 Å². The molecule has 2 aromatic rings. The third kappa shape index (κ3) is 2.54. The van der Waals surface area contributed by atoms with E-state index in [9.17, 15) is 4.39 Å². The van der Waals surface area contributed by atoms with Gasteiger partial charge in [0, 0.05) is 0 Å². The molecule has 1 unspecified atom stereocenters. The lowest BCUT2D eigenvalue weighted by Crippen LogP contribution is -2.35. The van der Waals surface area contributed by atoms with Crippen molar-refractivity contribution in [2.75, 3.05) is 0 Å². The number of halogens is 1. The summed E-state index contributed by atoms with van der Waals surface area (Å²) in [6, 6.07) is 12.8. The highest BCUT2D eigenvalue weighted by atomic mass is 19.1. The van der Waals surface area contributed by atoms with Crippen LogP contribution in [-0.2, 0) is 12.0 Å². The quantitative estimate of drug-likeness (QED) is 0.932. The van der Waals surface area contributed by atoms with Crippen molar-refractivity contribution >= 4 is 0 Å². The third-order valence-corrected chi connectivity index (χ3v) is 4.08. The Bertz CT molecular complexity index is 651. The molecule has 1 aliphatic carbocycles. The van der Waals surface area contributed by atoms with Crippen LogP contribution in [0.3, 0.4) is 0 Å². The number of aryl methyl sites for hydroxylation is 1. The van der Waals surface area contributed by atoms with E-state index >= 15 is 0 Å². The van der Waals surface area contributed by atoms with Crippen molar-refractivity contribution < 1.29 is 9.13 Å². The predicted octanol–water partition coefficient (Wildman–Crippen LogP) is 3.76. The van der Waals surface area contributed by atoms with Crippen molar-refractivity contribution in [2.45, 2.75) is 38.3 Å². The van der Waals surface area contributed by atoms with Crippen LogP contribution in [0.4, 0.5) is 4.39 Å². The summed E-state index contributed by atoms with van der Waals surface area (Å²) in [5.41, 5.74) is 9.19. The van der Waals surface area contributed by atoms with Gasteiger partial charge in [0.2, 0.25) is 0 Å². The van der Waals surface area contributed by atoms with Gasteiger partial charge in [-0.2, -0.15) is 0 Å². The SMILES string of the molecule is CC(C)Oc1ccc(C2(N)CCc3cc(F)ccc32)cc1. The van der Waals surface area contributed by atoms with Crippen LogP contribution < -0.4 is 10.5 Å². The topological polar surface area (TPSA) is 35.2 Å². The maximum atomic E-state index is 13.3. The number of fused-ring (bicyclic) bond motifs is 1. The van der Waals surface area contributed by atoms with E-state index in [0.717, 1.165) is 35.3 Å². The molecule has 3 heteroatoms. The summed E-state index contributed by atoms with van der Waals surface area (Å²) >= 11 is 0. The van der Waals surface area contributed by atoms with Crippen molar-refractivity contribution in [1.29, 1.82) is 0 Å². The second-order valence-electron chi connectivity index (χ2n) is 5.96. The maximum Gasteiger partial charge on any atom is 0.123 e. The Kier molecular flexibility index (Phi) is 3.46. The van der Waals surface area contributed by atoms with Gasteiger partial charge in [-0.25, -0.2) is 4.39 Å². The van der Waals surface area contributed by atoms with Crippen LogP contribution >= 0.6 is 0 Å². The molecule has 0 saturated carbocycles. The second kappa shape index (κ2) is 5.15. The lowest BCUT2D eigenvalue weighted by Gasteiger charge is -2.26. The van der Waals surface area contributed by atoms with Crippen molar-refractivity contribution in [1.82, 2.24) is 0 Å². The van der Waals surface area contributed by atoms with Crippen molar-refractivity contribution in [3.05, 3.63) is 65.0 Å². The Morgan fingerprint density at radius 3 is 2.52 bits per heavy atom. The predicted molar refractivity (Wildman–Crippen MR) is 81.9 cm³/mol. The molecule has 0 saturated heterocycles. The summed E-state index contributed by atoms with van der Waals surface area (Å²) in [5, 5.41) is 0.